The van der Waals surface area contributed by atoms with Crippen LogP contribution in [0.5, 0.6) is 0 Å². The normalized spacial score (nSPS) is 23.3. The van der Waals surface area contributed by atoms with Gasteiger partial charge in [-0.1, -0.05) is 23.2 Å². The van der Waals surface area contributed by atoms with Gasteiger partial charge in [-0.05, 0) is 25.1 Å². The van der Waals surface area contributed by atoms with E-state index >= 15 is 4.39 Å². The number of H-pyrrole nitrogens is 1. The molecule has 34 heavy (non-hydrogen) atoms. The maximum Gasteiger partial charge on any atom is 0.251 e. The highest BCUT2D eigenvalue weighted by molar-refractivity contribution is 6.33. The molecular weight excluding hydrogens is 487 g/mol. The van der Waals surface area contributed by atoms with Gasteiger partial charge in [0.15, 0.2) is 5.15 Å². The largest absolute Gasteiger partial charge is 0.373 e. The zero-order valence-corrected chi connectivity index (χ0v) is 19.3. The topological polar surface area (TPSA) is 84.3 Å². The molecule has 11 heteroatoms. The molecule has 2 saturated heterocycles. The first-order chi connectivity index (χ1) is 16.2. The number of ether oxygens (including phenoxy) is 1. The molecule has 1 aliphatic carbocycles. The molecular formula is C23H17Cl2F2N5O2. The number of carbonyl (C=O) groups excluding carboxylic acids is 1. The number of aromatic amines is 1. The van der Waals surface area contributed by atoms with Gasteiger partial charge in [0, 0.05) is 53.6 Å². The van der Waals surface area contributed by atoms with E-state index in [9.17, 15) is 9.18 Å². The monoisotopic (exact) mass is 503 g/mol. The second kappa shape index (κ2) is 7.24. The number of hydrogen-bond acceptors (Lipinski definition) is 4. The summed E-state index contributed by atoms with van der Waals surface area (Å²) >= 11 is 12.7. The predicted molar refractivity (Wildman–Crippen MR) is 122 cm³/mol. The first-order valence-electron chi connectivity index (χ1n) is 10.5. The Hall–Kier alpha value is -3.01. The van der Waals surface area contributed by atoms with E-state index in [1.165, 1.54) is 10.6 Å². The summed E-state index contributed by atoms with van der Waals surface area (Å²) in [4.78, 5) is 17.4. The lowest BCUT2D eigenvalue weighted by molar-refractivity contribution is 0.0127. The van der Waals surface area contributed by atoms with Crippen molar-refractivity contribution < 1.29 is 18.3 Å². The Balaban J connectivity index is 1.41. The van der Waals surface area contributed by atoms with Gasteiger partial charge in [0.25, 0.3) is 5.91 Å². The van der Waals surface area contributed by atoms with Crippen molar-refractivity contribution in [2.45, 2.75) is 30.9 Å². The Morgan fingerprint density at radius 1 is 1.24 bits per heavy atom. The maximum absolute atomic E-state index is 15.0. The minimum absolute atomic E-state index is 0.0276. The van der Waals surface area contributed by atoms with Gasteiger partial charge >= 0.3 is 0 Å². The van der Waals surface area contributed by atoms with E-state index < -0.39 is 11.6 Å². The van der Waals surface area contributed by atoms with Gasteiger partial charge in [0.1, 0.15) is 28.1 Å². The molecule has 3 fully saturated rings. The van der Waals surface area contributed by atoms with Gasteiger partial charge < -0.3 is 10.1 Å². The van der Waals surface area contributed by atoms with Crippen LogP contribution in [-0.4, -0.2) is 43.2 Å². The van der Waals surface area contributed by atoms with Gasteiger partial charge in [-0.15, -0.1) is 0 Å². The van der Waals surface area contributed by atoms with Crippen LogP contribution in [0.25, 0.3) is 28.0 Å². The van der Waals surface area contributed by atoms with Gasteiger partial charge in [-0.2, -0.15) is 5.10 Å². The van der Waals surface area contributed by atoms with Crippen molar-refractivity contribution in [3.8, 4) is 22.4 Å². The number of benzene rings is 1. The number of aromatic nitrogens is 4. The number of nitrogens with zero attached hydrogens (tertiary/aromatic N) is 3. The van der Waals surface area contributed by atoms with E-state index in [-0.39, 0.29) is 44.2 Å². The number of halogens is 4. The Morgan fingerprint density at radius 2 is 2.03 bits per heavy atom. The van der Waals surface area contributed by atoms with E-state index in [2.05, 4.69) is 20.5 Å². The summed E-state index contributed by atoms with van der Waals surface area (Å²) < 4.78 is 36.4. The zero-order chi connectivity index (χ0) is 23.8. The third kappa shape index (κ3) is 3.22. The molecule has 7 nitrogen and oxygen atoms in total. The van der Waals surface area contributed by atoms with E-state index in [0.29, 0.717) is 23.4 Å². The third-order valence-electron chi connectivity index (χ3n) is 6.51. The van der Waals surface area contributed by atoms with Crippen molar-refractivity contribution in [2.24, 2.45) is 0 Å². The number of carbonyl (C=O) groups is 1. The summed E-state index contributed by atoms with van der Waals surface area (Å²) in [5.74, 6) is -1.90. The van der Waals surface area contributed by atoms with Gasteiger partial charge in [-0.3, -0.25) is 14.3 Å². The SMILES string of the molecule is CC12CC(NC(=O)c3ccn4c(Cl)c(-c5c(F)cc(F)cc5-c5c[nH]nc5Cl)nc4c3)(CO1)C2. The highest BCUT2D eigenvalue weighted by Crippen LogP contribution is 2.51. The van der Waals surface area contributed by atoms with Crippen LogP contribution in [0.2, 0.25) is 10.3 Å². The first-order valence-corrected chi connectivity index (χ1v) is 11.3. The molecule has 0 radical (unpaired) electrons. The minimum Gasteiger partial charge on any atom is -0.373 e. The lowest BCUT2D eigenvalue weighted by Gasteiger charge is -2.42. The highest BCUT2D eigenvalue weighted by atomic mass is 35.5. The lowest BCUT2D eigenvalue weighted by atomic mass is 9.69. The molecule has 3 aromatic heterocycles. The van der Waals surface area contributed by atoms with E-state index in [4.69, 9.17) is 27.9 Å². The average molecular weight is 504 g/mol. The molecule has 1 aromatic carbocycles. The van der Waals surface area contributed by atoms with Crippen LogP contribution in [0.3, 0.4) is 0 Å². The minimum atomic E-state index is -0.857. The molecule has 0 unspecified atom stereocenters. The molecule has 174 valence electrons. The number of fused-ring (bicyclic) bond motifs is 2. The Labute approximate surface area is 202 Å². The summed E-state index contributed by atoms with van der Waals surface area (Å²) in [5.41, 5.74) is 0.722. The quantitative estimate of drug-likeness (QED) is 0.409. The first kappa shape index (κ1) is 21.5. The molecule has 1 saturated carbocycles. The second-order valence-electron chi connectivity index (χ2n) is 9.12. The van der Waals surface area contributed by atoms with E-state index in [0.717, 1.165) is 25.0 Å². The fourth-order valence-corrected chi connectivity index (χ4v) is 5.62. The van der Waals surface area contributed by atoms with Gasteiger partial charge in [-0.25, -0.2) is 13.8 Å². The molecule has 7 rings (SSSR count). The smallest absolute Gasteiger partial charge is 0.251 e. The number of nitrogens with one attached hydrogen (secondary N) is 2. The summed E-state index contributed by atoms with van der Waals surface area (Å²) in [6.45, 7) is 2.52. The number of hydrogen-bond donors (Lipinski definition) is 2. The molecule has 5 heterocycles. The van der Waals surface area contributed by atoms with Crippen LogP contribution in [0.1, 0.15) is 30.1 Å². The van der Waals surface area contributed by atoms with Crippen LogP contribution in [-0.2, 0) is 4.74 Å². The van der Waals surface area contributed by atoms with Crippen LogP contribution >= 0.6 is 23.2 Å². The summed E-state index contributed by atoms with van der Waals surface area (Å²) in [7, 11) is 0. The van der Waals surface area contributed by atoms with Crippen molar-refractivity contribution in [2.75, 3.05) is 6.61 Å². The van der Waals surface area contributed by atoms with Crippen LogP contribution < -0.4 is 5.32 Å². The predicted octanol–water partition coefficient (Wildman–Crippen LogP) is 5.03. The highest BCUT2D eigenvalue weighted by Gasteiger charge is 2.60. The van der Waals surface area contributed by atoms with Crippen molar-refractivity contribution in [3.63, 3.8) is 0 Å². The Kier molecular flexibility index (Phi) is 4.58. The van der Waals surface area contributed by atoms with Crippen molar-refractivity contribution in [1.82, 2.24) is 24.9 Å². The number of imidazole rings is 1. The molecule has 2 N–H and O–H groups in total. The number of amides is 1. The van der Waals surface area contributed by atoms with Crippen LogP contribution in [0.15, 0.2) is 36.7 Å². The van der Waals surface area contributed by atoms with Crippen molar-refractivity contribution in [1.29, 1.82) is 0 Å². The molecule has 4 aromatic rings. The van der Waals surface area contributed by atoms with Crippen LogP contribution in [0.4, 0.5) is 8.78 Å². The number of rotatable bonds is 4. The molecule has 2 bridgehead atoms. The Bertz CT molecular complexity index is 1490. The molecule has 3 aliphatic rings. The zero-order valence-electron chi connectivity index (χ0n) is 17.8. The van der Waals surface area contributed by atoms with E-state index in [1.807, 2.05) is 6.92 Å². The summed E-state index contributed by atoms with van der Waals surface area (Å²) in [6, 6.07) is 5.07. The molecule has 1 amide bonds. The number of pyridine rings is 1. The standard InChI is InChI=1S/C23H17Cl2F2N5O2/c1-22-8-23(9-22,10-34-22)30-21(33)11-2-3-32-16(4-11)29-18(20(32)25)17-13(5-12(26)6-15(17)27)14-7-28-31-19(14)24/h2-7H,8-10H2,1H3,(H,28,31)(H,30,33). The third-order valence-corrected chi connectivity index (χ3v) is 7.16. The van der Waals surface area contributed by atoms with Crippen molar-refractivity contribution in [3.05, 3.63) is 64.2 Å². The molecule has 0 spiro atoms. The summed E-state index contributed by atoms with van der Waals surface area (Å²) in [5, 5.41) is 9.62. The second-order valence-corrected chi connectivity index (χ2v) is 9.84. The fraction of sp³-hybridized carbons (Fsp3) is 0.261. The van der Waals surface area contributed by atoms with Crippen molar-refractivity contribution >= 4 is 34.8 Å². The van der Waals surface area contributed by atoms with E-state index in [1.54, 1.807) is 18.3 Å². The maximum atomic E-state index is 15.0. The lowest BCUT2D eigenvalue weighted by Crippen LogP contribution is -2.58. The van der Waals surface area contributed by atoms with Gasteiger partial charge in [0.05, 0.1) is 17.7 Å². The summed E-state index contributed by atoms with van der Waals surface area (Å²) in [6.07, 6.45) is 4.57. The van der Waals surface area contributed by atoms with Gasteiger partial charge in [0.2, 0.25) is 0 Å². The Morgan fingerprint density at radius 3 is 2.71 bits per heavy atom. The fourth-order valence-electron chi connectivity index (χ4n) is 5.14. The average Bonchev–Trinajstić information content (AvgIpc) is 3.49. The molecule has 0 atom stereocenters. The van der Waals surface area contributed by atoms with Crippen LogP contribution in [0, 0.1) is 11.6 Å². The molecule has 2 aliphatic heterocycles.